The Hall–Kier alpha value is -2.57. The number of nitrogens with one attached hydrogen (secondary N) is 2. The average molecular weight is 378 g/mol. The predicted octanol–water partition coefficient (Wildman–Crippen LogP) is 2.86. The van der Waals surface area contributed by atoms with Gasteiger partial charge in [0.1, 0.15) is 5.75 Å². The summed E-state index contributed by atoms with van der Waals surface area (Å²) in [5, 5.41) is 0. The summed E-state index contributed by atoms with van der Waals surface area (Å²) < 4.78 is 5.33. The first kappa shape index (κ1) is 17.5. The molecule has 2 aromatic rings. The van der Waals surface area contributed by atoms with E-state index in [1.54, 1.807) is 7.11 Å². The van der Waals surface area contributed by atoms with Gasteiger partial charge in [-0.3, -0.25) is 15.8 Å². The van der Waals surface area contributed by atoms with Crippen LogP contribution < -0.4 is 20.5 Å². The van der Waals surface area contributed by atoms with Crippen LogP contribution in [-0.2, 0) is 6.54 Å². The molecule has 1 spiro atoms. The van der Waals surface area contributed by atoms with Crippen molar-refractivity contribution < 1.29 is 9.53 Å². The monoisotopic (exact) mass is 378 g/mol. The number of hydrazine groups is 1. The van der Waals surface area contributed by atoms with Crippen molar-refractivity contribution in [1.82, 2.24) is 15.8 Å². The van der Waals surface area contributed by atoms with Crippen LogP contribution in [0, 0.1) is 0 Å². The van der Waals surface area contributed by atoms with Crippen molar-refractivity contribution in [2.45, 2.75) is 30.8 Å². The zero-order chi connectivity index (χ0) is 19.1. The van der Waals surface area contributed by atoms with Gasteiger partial charge in [-0.2, -0.15) is 0 Å². The van der Waals surface area contributed by atoms with Crippen molar-refractivity contribution in [3.8, 4) is 5.75 Å². The van der Waals surface area contributed by atoms with Crippen molar-refractivity contribution in [2.24, 2.45) is 0 Å². The second-order valence-electron chi connectivity index (χ2n) is 8.08. The number of rotatable bonds is 5. The molecule has 3 fully saturated rings. The lowest BCUT2D eigenvalue weighted by molar-refractivity contribution is 0.197. The number of urea groups is 1. The first-order valence-electron chi connectivity index (χ1n) is 9.96. The molecule has 0 radical (unpaired) electrons. The quantitative estimate of drug-likeness (QED) is 0.840. The molecule has 28 heavy (non-hydrogen) atoms. The fourth-order valence-electron chi connectivity index (χ4n) is 4.38. The van der Waals surface area contributed by atoms with Crippen molar-refractivity contribution >= 4 is 11.7 Å². The molecule has 2 saturated heterocycles. The van der Waals surface area contributed by atoms with Crippen LogP contribution >= 0.6 is 0 Å². The van der Waals surface area contributed by atoms with Gasteiger partial charge < -0.3 is 9.64 Å². The maximum absolute atomic E-state index is 13.3. The molecule has 2 amide bonds. The molecular weight excluding hydrogens is 352 g/mol. The lowest BCUT2D eigenvalue weighted by Gasteiger charge is -2.23. The summed E-state index contributed by atoms with van der Waals surface area (Å²) >= 11 is 0. The van der Waals surface area contributed by atoms with Gasteiger partial charge in [-0.05, 0) is 48.2 Å². The average Bonchev–Trinajstić information content (AvgIpc) is 3.19. The minimum atomic E-state index is -0.00186. The number of ether oxygens (including phenoxy) is 1. The minimum absolute atomic E-state index is 0.00186. The van der Waals surface area contributed by atoms with E-state index in [1.165, 1.54) is 5.56 Å². The minimum Gasteiger partial charge on any atom is -0.497 e. The van der Waals surface area contributed by atoms with Gasteiger partial charge in [-0.15, -0.1) is 0 Å². The van der Waals surface area contributed by atoms with Gasteiger partial charge in [0.2, 0.25) is 0 Å². The Morgan fingerprint density at radius 1 is 1.11 bits per heavy atom. The highest BCUT2D eigenvalue weighted by Crippen LogP contribution is 2.48. The number of carbonyl (C=O) groups is 1. The normalized spacial score (nSPS) is 21.0. The van der Waals surface area contributed by atoms with E-state index in [0.29, 0.717) is 12.5 Å². The van der Waals surface area contributed by atoms with E-state index in [9.17, 15) is 4.79 Å². The van der Waals surface area contributed by atoms with E-state index >= 15 is 0 Å². The van der Waals surface area contributed by atoms with Crippen molar-refractivity contribution in [1.29, 1.82) is 0 Å². The summed E-state index contributed by atoms with van der Waals surface area (Å²) in [6.45, 7) is 3.30. The maximum Gasteiger partial charge on any atom is 0.325 e. The van der Waals surface area contributed by atoms with Gasteiger partial charge in [0.15, 0.2) is 0 Å². The van der Waals surface area contributed by atoms with Crippen molar-refractivity contribution in [3.63, 3.8) is 0 Å². The van der Waals surface area contributed by atoms with E-state index in [0.717, 1.165) is 49.5 Å². The number of hydrogen-bond donors (Lipinski definition) is 2. The smallest absolute Gasteiger partial charge is 0.325 e. The third kappa shape index (κ3) is 3.02. The Balaban J connectivity index is 1.35. The van der Waals surface area contributed by atoms with Crippen LogP contribution in [0.1, 0.15) is 29.9 Å². The Morgan fingerprint density at radius 3 is 2.54 bits per heavy atom. The topological polar surface area (TPSA) is 56.8 Å². The van der Waals surface area contributed by atoms with E-state index in [2.05, 4.69) is 46.1 Å². The van der Waals surface area contributed by atoms with E-state index in [-0.39, 0.29) is 11.6 Å². The number of hydrogen-bond acceptors (Lipinski definition) is 4. The second kappa shape index (κ2) is 6.79. The molecule has 5 rings (SSSR count). The number of anilines is 1. The highest BCUT2D eigenvalue weighted by Gasteiger charge is 2.57. The molecule has 0 aromatic heterocycles. The number of nitrogens with zero attached hydrogens (tertiary/aromatic N) is 2. The highest BCUT2D eigenvalue weighted by molar-refractivity contribution is 5.96. The first-order chi connectivity index (χ1) is 13.7. The van der Waals surface area contributed by atoms with Crippen LogP contribution in [-0.4, -0.2) is 43.2 Å². The summed E-state index contributed by atoms with van der Waals surface area (Å²) in [6, 6.07) is 16.6. The van der Waals surface area contributed by atoms with Crippen LogP contribution in [0.4, 0.5) is 10.5 Å². The predicted molar refractivity (Wildman–Crippen MR) is 108 cm³/mol. The molecule has 6 heteroatoms. The molecule has 0 atom stereocenters. The molecule has 2 N–H and O–H groups in total. The molecule has 0 bridgehead atoms. The Kier molecular flexibility index (Phi) is 4.25. The zero-order valence-corrected chi connectivity index (χ0v) is 16.1. The molecule has 2 aliphatic heterocycles. The van der Waals surface area contributed by atoms with Gasteiger partial charge in [-0.25, -0.2) is 4.79 Å². The van der Waals surface area contributed by atoms with Crippen LogP contribution in [0.2, 0.25) is 0 Å². The van der Waals surface area contributed by atoms with Crippen LogP contribution in [0.25, 0.3) is 0 Å². The second-order valence-corrected chi connectivity index (χ2v) is 8.08. The van der Waals surface area contributed by atoms with Crippen molar-refractivity contribution in [2.75, 3.05) is 31.6 Å². The van der Waals surface area contributed by atoms with Gasteiger partial charge in [0.25, 0.3) is 0 Å². The third-order valence-electron chi connectivity index (χ3n) is 6.29. The summed E-state index contributed by atoms with van der Waals surface area (Å²) in [6.07, 6.45) is 2.16. The highest BCUT2D eigenvalue weighted by atomic mass is 16.5. The van der Waals surface area contributed by atoms with E-state index < -0.39 is 0 Å². The standard InChI is InChI=1S/C22H26N4O2/c1-28-20-4-2-3-16(11-20)14-26-21(27)25(15-22(26)9-10-22)19-7-5-17(6-8-19)18-12-23-24-13-18/h2-8,11,18,23-24H,9-10,12-15H2,1H3. The summed E-state index contributed by atoms with van der Waals surface area (Å²) in [4.78, 5) is 17.3. The largest absolute Gasteiger partial charge is 0.497 e. The SMILES string of the molecule is COc1cccc(CN2C(=O)N(c3ccc(C4CNNC4)cc3)CC23CC3)c1. The molecular formula is C22H26N4O2. The number of benzene rings is 2. The van der Waals surface area contributed by atoms with E-state index in [1.807, 2.05) is 23.1 Å². The van der Waals surface area contributed by atoms with Gasteiger partial charge in [0.05, 0.1) is 19.2 Å². The number of carbonyl (C=O) groups excluding carboxylic acids is 1. The van der Waals surface area contributed by atoms with Crippen LogP contribution in [0.5, 0.6) is 5.75 Å². The van der Waals surface area contributed by atoms with Crippen LogP contribution in [0.15, 0.2) is 48.5 Å². The van der Waals surface area contributed by atoms with Crippen LogP contribution in [0.3, 0.4) is 0 Å². The molecule has 0 unspecified atom stereocenters. The molecule has 2 aromatic carbocycles. The number of amides is 2. The Labute approximate surface area is 165 Å². The molecule has 3 aliphatic rings. The summed E-state index contributed by atoms with van der Waals surface area (Å²) in [5.74, 6) is 1.32. The van der Waals surface area contributed by atoms with Crippen molar-refractivity contribution in [3.05, 3.63) is 59.7 Å². The Morgan fingerprint density at radius 2 is 1.86 bits per heavy atom. The Bertz CT molecular complexity index is 872. The lowest BCUT2D eigenvalue weighted by Crippen LogP contribution is -2.35. The fraction of sp³-hybridized carbons (Fsp3) is 0.409. The summed E-state index contributed by atoms with van der Waals surface area (Å²) in [7, 11) is 1.67. The van der Waals surface area contributed by atoms with E-state index in [4.69, 9.17) is 4.74 Å². The van der Waals surface area contributed by atoms with Gasteiger partial charge in [-0.1, -0.05) is 24.3 Å². The molecule has 2 heterocycles. The number of methoxy groups -OCH3 is 1. The molecule has 1 aliphatic carbocycles. The maximum atomic E-state index is 13.3. The van der Waals surface area contributed by atoms with Gasteiger partial charge >= 0.3 is 6.03 Å². The molecule has 6 nitrogen and oxygen atoms in total. The van der Waals surface area contributed by atoms with Gasteiger partial charge in [0, 0.05) is 31.2 Å². The molecule has 1 saturated carbocycles. The third-order valence-corrected chi connectivity index (χ3v) is 6.29. The molecule has 146 valence electrons. The lowest BCUT2D eigenvalue weighted by atomic mass is 10.00. The first-order valence-corrected chi connectivity index (χ1v) is 9.96. The fourth-order valence-corrected chi connectivity index (χ4v) is 4.38. The zero-order valence-electron chi connectivity index (χ0n) is 16.1. The summed E-state index contributed by atoms with van der Waals surface area (Å²) in [5.41, 5.74) is 9.75.